The molecule has 1 aromatic heterocycles. The number of methoxy groups -OCH3 is 1. The molecule has 0 unspecified atom stereocenters. The van der Waals surface area contributed by atoms with Crippen LogP contribution >= 0.6 is 22.9 Å². The van der Waals surface area contributed by atoms with Crippen LogP contribution in [0.2, 0.25) is 5.02 Å². The summed E-state index contributed by atoms with van der Waals surface area (Å²) in [4.78, 5) is 0. The summed E-state index contributed by atoms with van der Waals surface area (Å²) in [6, 6.07) is 5.61. The summed E-state index contributed by atoms with van der Waals surface area (Å²) in [5.41, 5.74) is 0.475. The van der Waals surface area contributed by atoms with Gasteiger partial charge >= 0.3 is 0 Å². The van der Waals surface area contributed by atoms with E-state index in [1.54, 1.807) is 24.5 Å². The average Bonchev–Trinajstić information content (AvgIpc) is 2.66. The number of hydrogen-bond donors (Lipinski definition) is 0. The Morgan fingerprint density at radius 3 is 3.00 bits per heavy atom. The van der Waals surface area contributed by atoms with Gasteiger partial charge in [-0.25, -0.2) is 0 Å². The van der Waals surface area contributed by atoms with Crippen LogP contribution in [0.4, 0.5) is 0 Å². The normalized spacial score (nSPS) is 10.1. The minimum atomic E-state index is 0.475. The topological polar surface area (TPSA) is 33.0 Å². The molecule has 0 fully saturated rings. The molecule has 0 N–H and O–H groups in total. The van der Waals surface area contributed by atoms with Crippen LogP contribution in [0.1, 0.15) is 5.56 Å². The monoisotopic (exact) mass is 223 g/mol. The first-order valence-corrected chi connectivity index (χ1v) is 5.17. The average molecular weight is 224 g/mol. The van der Waals surface area contributed by atoms with E-state index in [9.17, 15) is 0 Å². The Bertz CT molecular complexity index is 527. The SMILES string of the molecule is COc1c(C#N)cc(Cl)c2sccc12. The van der Waals surface area contributed by atoms with Crippen LogP contribution in [-0.2, 0) is 0 Å². The molecule has 14 heavy (non-hydrogen) atoms. The van der Waals surface area contributed by atoms with Crippen molar-refractivity contribution < 1.29 is 4.74 Å². The van der Waals surface area contributed by atoms with Crippen molar-refractivity contribution in [1.29, 1.82) is 5.26 Å². The van der Waals surface area contributed by atoms with Crippen molar-refractivity contribution in [3.63, 3.8) is 0 Å². The van der Waals surface area contributed by atoms with Gasteiger partial charge in [0.1, 0.15) is 11.8 Å². The lowest BCUT2D eigenvalue weighted by molar-refractivity contribution is 0.418. The number of benzene rings is 1. The molecule has 0 saturated carbocycles. The zero-order valence-electron chi connectivity index (χ0n) is 7.37. The molecule has 0 aliphatic carbocycles. The molecule has 0 amide bonds. The highest BCUT2D eigenvalue weighted by Gasteiger charge is 2.12. The molecule has 0 atom stereocenters. The second kappa shape index (κ2) is 3.49. The highest BCUT2D eigenvalue weighted by Crippen LogP contribution is 2.37. The summed E-state index contributed by atoms with van der Waals surface area (Å²) >= 11 is 7.56. The van der Waals surface area contributed by atoms with E-state index in [0.717, 1.165) is 10.1 Å². The van der Waals surface area contributed by atoms with Gasteiger partial charge in [-0.05, 0) is 17.5 Å². The van der Waals surface area contributed by atoms with Gasteiger partial charge in [-0.3, -0.25) is 0 Å². The summed E-state index contributed by atoms with van der Waals surface area (Å²) < 4.78 is 6.15. The first-order chi connectivity index (χ1) is 6.77. The molecule has 0 bridgehead atoms. The summed E-state index contributed by atoms with van der Waals surface area (Å²) in [7, 11) is 1.56. The molecule has 0 aliphatic rings. The Morgan fingerprint density at radius 1 is 1.57 bits per heavy atom. The fraction of sp³-hybridized carbons (Fsp3) is 0.100. The van der Waals surface area contributed by atoms with E-state index in [-0.39, 0.29) is 0 Å². The van der Waals surface area contributed by atoms with Gasteiger partial charge in [-0.1, -0.05) is 11.6 Å². The molecule has 70 valence electrons. The van der Waals surface area contributed by atoms with Crippen molar-refractivity contribution in [2.75, 3.05) is 7.11 Å². The van der Waals surface area contributed by atoms with E-state index in [1.807, 2.05) is 11.4 Å². The van der Waals surface area contributed by atoms with Crippen molar-refractivity contribution in [1.82, 2.24) is 0 Å². The lowest BCUT2D eigenvalue weighted by Gasteiger charge is -2.04. The largest absolute Gasteiger partial charge is 0.495 e. The van der Waals surface area contributed by atoms with Crippen LogP contribution in [0, 0.1) is 11.3 Å². The van der Waals surface area contributed by atoms with Gasteiger partial charge in [0.25, 0.3) is 0 Å². The Labute approximate surface area is 90.3 Å². The van der Waals surface area contributed by atoms with E-state index in [2.05, 4.69) is 6.07 Å². The molecule has 2 nitrogen and oxygen atoms in total. The Balaban J connectivity index is 2.90. The highest BCUT2D eigenvalue weighted by molar-refractivity contribution is 7.18. The molecule has 0 aliphatic heterocycles. The third kappa shape index (κ3) is 1.24. The molecule has 2 rings (SSSR count). The van der Waals surface area contributed by atoms with Gasteiger partial charge in [-0.15, -0.1) is 11.3 Å². The van der Waals surface area contributed by atoms with Crippen molar-refractivity contribution in [2.24, 2.45) is 0 Å². The maximum Gasteiger partial charge on any atom is 0.145 e. The predicted molar refractivity (Wildman–Crippen MR) is 58.1 cm³/mol. The van der Waals surface area contributed by atoms with E-state index < -0.39 is 0 Å². The van der Waals surface area contributed by atoms with Crippen LogP contribution in [0.3, 0.4) is 0 Å². The molecule has 0 radical (unpaired) electrons. The highest BCUT2D eigenvalue weighted by atomic mass is 35.5. The van der Waals surface area contributed by atoms with Crippen LogP contribution in [0.25, 0.3) is 10.1 Å². The second-order valence-electron chi connectivity index (χ2n) is 2.71. The molecular formula is C10H6ClNOS. The van der Waals surface area contributed by atoms with Gasteiger partial charge < -0.3 is 4.74 Å². The van der Waals surface area contributed by atoms with Crippen LogP contribution in [0.5, 0.6) is 5.75 Å². The number of fused-ring (bicyclic) bond motifs is 1. The molecule has 2 aromatic rings. The van der Waals surface area contributed by atoms with Gasteiger partial charge in [0.05, 0.1) is 22.4 Å². The standard InChI is InChI=1S/C10H6ClNOS/c1-13-9-6(5-12)4-8(11)10-7(9)2-3-14-10/h2-4H,1H3. The number of rotatable bonds is 1. The Kier molecular flexibility index (Phi) is 2.32. The molecule has 0 spiro atoms. The van der Waals surface area contributed by atoms with Crippen molar-refractivity contribution in [2.45, 2.75) is 0 Å². The van der Waals surface area contributed by atoms with Gasteiger partial charge in [0.2, 0.25) is 0 Å². The number of nitrogens with zero attached hydrogens (tertiary/aromatic N) is 1. The quantitative estimate of drug-likeness (QED) is 0.742. The van der Waals surface area contributed by atoms with E-state index >= 15 is 0 Å². The van der Waals surface area contributed by atoms with Crippen LogP contribution in [-0.4, -0.2) is 7.11 Å². The predicted octanol–water partition coefficient (Wildman–Crippen LogP) is 3.43. The third-order valence-corrected chi connectivity index (χ3v) is 3.32. The molecule has 1 aromatic carbocycles. The lowest BCUT2D eigenvalue weighted by atomic mass is 10.1. The smallest absolute Gasteiger partial charge is 0.145 e. The summed E-state index contributed by atoms with van der Waals surface area (Å²) in [5.74, 6) is 0.605. The number of nitriles is 1. The number of halogens is 1. The summed E-state index contributed by atoms with van der Waals surface area (Å²) in [5, 5.41) is 12.3. The summed E-state index contributed by atoms with van der Waals surface area (Å²) in [6.07, 6.45) is 0. The molecule has 1 heterocycles. The first-order valence-electron chi connectivity index (χ1n) is 3.91. The van der Waals surface area contributed by atoms with E-state index in [1.165, 1.54) is 0 Å². The fourth-order valence-corrected chi connectivity index (χ4v) is 2.52. The number of thiophene rings is 1. The Morgan fingerprint density at radius 2 is 2.36 bits per heavy atom. The van der Waals surface area contributed by atoms with E-state index in [0.29, 0.717) is 16.3 Å². The van der Waals surface area contributed by atoms with Gasteiger partial charge in [0, 0.05) is 5.39 Å². The van der Waals surface area contributed by atoms with Gasteiger partial charge in [0.15, 0.2) is 0 Å². The first kappa shape index (κ1) is 9.32. The number of ether oxygens (including phenoxy) is 1. The molecular weight excluding hydrogens is 218 g/mol. The zero-order chi connectivity index (χ0) is 10.1. The maximum atomic E-state index is 8.89. The third-order valence-electron chi connectivity index (χ3n) is 1.97. The maximum absolute atomic E-state index is 8.89. The van der Waals surface area contributed by atoms with Crippen LogP contribution in [0.15, 0.2) is 17.5 Å². The second-order valence-corrected chi connectivity index (χ2v) is 4.04. The number of hydrogen-bond acceptors (Lipinski definition) is 3. The van der Waals surface area contributed by atoms with Gasteiger partial charge in [-0.2, -0.15) is 5.26 Å². The molecule has 0 saturated heterocycles. The van der Waals surface area contributed by atoms with Crippen molar-refractivity contribution in [3.8, 4) is 11.8 Å². The van der Waals surface area contributed by atoms with Crippen molar-refractivity contribution in [3.05, 3.63) is 28.1 Å². The lowest BCUT2D eigenvalue weighted by Crippen LogP contribution is -1.88. The van der Waals surface area contributed by atoms with Crippen LogP contribution < -0.4 is 4.74 Å². The Hall–Kier alpha value is -1.24. The minimum Gasteiger partial charge on any atom is -0.495 e. The molecule has 4 heteroatoms. The fourth-order valence-electron chi connectivity index (χ4n) is 1.38. The minimum absolute atomic E-state index is 0.475. The zero-order valence-corrected chi connectivity index (χ0v) is 8.95. The van der Waals surface area contributed by atoms with E-state index in [4.69, 9.17) is 21.6 Å². The summed E-state index contributed by atoms with van der Waals surface area (Å²) in [6.45, 7) is 0. The van der Waals surface area contributed by atoms with Crippen molar-refractivity contribution >= 4 is 33.0 Å².